The SMILES string of the molecule is Cc1ccc(-c2cc(C(=O)NC[C@H]3CCCO3)c3cc(C)ccc3n2)cc1. The maximum absolute atomic E-state index is 13.0. The molecule has 138 valence electrons. The molecule has 1 N–H and O–H groups in total. The number of ether oxygens (including phenoxy) is 1. The van der Waals surface area contributed by atoms with Gasteiger partial charge in [0.25, 0.3) is 5.91 Å². The van der Waals surface area contributed by atoms with Crippen LogP contribution in [0.3, 0.4) is 0 Å². The van der Waals surface area contributed by atoms with Crippen molar-refractivity contribution in [3.63, 3.8) is 0 Å². The summed E-state index contributed by atoms with van der Waals surface area (Å²) < 4.78 is 5.62. The molecule has 4 nitrogen and oxygen atoms in total. The normalized spacial score (nSPS) is 16.6. The molecule has 1 atom stereocenters. The summed E-state index contributed by atoms with van der Waals surface area (Å²) in [5, 5.41) is 3.93. The van der Waals surface area contributed by atoms with Crippen LogP contribution in [0.25, 0.3) is 22.2 Å². The van der Waals surface area contributed by atoms with Crippen LogP contribution in [0.1, 0.15) is 34.3 Å². The monoisotopic (exact) mass is 360 g/mol. The first-order valence-electron chi connectivity index (χ1n) is 9.48. The van der Waals surface area contributed by atoms with E-state index in [9.17, 15) is 4.79 Å². The van der Waals surface area contributed by atoms with Crippen molar-refractivity contribution < 1.29 is 9.53 Å². The number of nitrogens with one attached hydrogen (secondary N) is 1. The second-order valence-corrected chi connectivity index (χ2v) is 7.29. The van der Waals surface area contributed by atoms with Crippen molar-refractivity contribution >= 4 is 16.8 Å². The molecule has 3 aromatic rings. The van der Waals surface area contributed by atoms with Gasteiger partial charge >= 0.3 is 0 Å². The fourth-order valence-corrected chi connectivity index (χ4v) is 3.51. The fourth-order valence-electron chi connectivity index (χ4n) is 3.51. The first-order chi connectivity index (χ1) is 13.1. The fraction of sp³-hybridized carbons (Fsp3) is 0.304. The van der Waals surface area contributed by atoms with E-state index < -0.39 is 0 Å². The smallest absolute Gasteiger partial charge is 0.252 e. The number of carbonyl (C=O) groups excluding carboxylic acids is 1. The van der Waals surface area contributed by atoms with Gasteiger partial charge in [-0.25, -0.2) is 4.98 Å². The van der Waals surface area contributed by atoms with Gasteiger partial charge in [-0.3, -0.25) is 4.79 Å². The number of nitrogens with zero attached hydrogens (tertiary/aromatic N) is 1. The third-order valence-electron chi connectivity index (χ3n) is 5.07. The number of amides is 1. The molecule has 27 heavy (non-hydrogen) atoms. The number of aryl methyl sites for hydroxylation is 2. The van der Waals surface area contributed by atoms with Crippen molar-refractivity contribution in [3.8, 4) is 11.3 Å². The van der Waals surface area contributed by atoms with Gasteiger partial charge in [-0.1, -0.05) is 41.5 Å². The van der Waals surface area contributed by atoms with Gasteiger partial charge in [0, 0.05) is 24.1 Å². The molecular weight excluding hydrogens is 336 g/mol. The van der Waals surface area contributed by atoms with Crippen molar-refractivity contribution in [2.24, 2.45) is 0 Å². The van der Waals surface area contributed by atoms with E-state index in [0.717, 1.165) is 47.2 Å². The summed E-state index contributed by atoms with van der Waals surface area (Å²) in [5.74, 6) is -0.0724. The molecule has 1 aliphatic heterocycles. The van der Waals surface area contributed by atoms with Gasteiger partial charge in [-0.05, 0) is 44.9 Å². The maximum atomic E-state index is 13.0. The Labute approximate surface area is 159 Å². The second-order valence-electron chi connectivity index (χ2n) is 7.29. The van der Waals surface area contributed by atoms with Crippen molar-refractivity contribution in [1.29, 1.82) is 0 Å². The molecule has 0 unspecified atom stereocenters. The minimum absolute atomic E-state index is 0.0724. The van der Waals surface area contributed by atoms with Crippen molar-refractivity contribution in [1.82, 2.24) is 10.3 Å². The Hall–Kier alpha value is -2.72. The molecule has 1 fully saturated rings. The Morgan fingerprint density at radius 3 is 2.63 bits per heavy atom. The number of fused-ring (bicyclic) bond motifs is 1. The van der Waals surface area contributed by atoms with Crippen LogP contribution in [-0.4, -0.2) is 30.1 Å². The molecule has 1 saturated heterocycles. The Morgan fingerprint density at radius 2 is 1.89 bits per heavy atom. The molecule has 0 bridgehead atoms. The first kappa shape index (κ1) is 17.7. The lowest BCUT2D eigenvalue weighted by Crippen LogP contribution is -2.32. The Kier molecular flexibility index (Phi) is 4.90. The average molecular weight is 360 g/mol. The molecule has 1 aromatic heterocycles. The molecule has 1 aliphatic rings. The number of aromatic nitrogens is 1. The van der Waals surface area contributed by atoms with Crippen LogP contribution >= 0.6 is 0 Å². The minimum Gasteiger partial charge on any atom is -0.376 e. The van der Waals surface area contributed by atoms with Crippen molar-refractivity contribution in [2.45, 2.75) is 32.8 Å². The lowest BCUT2D eigenvalue weighted by Gasteiger charge is -2.14. The molecule has 2 aromatic carbocycles. The summed E-state index contributed by atoms with van der Waals surface area (Å²) in [6.45, 7) is 5.43. The van der Waals surface area contributed by atoms with E-state index in [4.69, 9.17) is 9.72 Å². The number of carbonyl (C=O) groups is 1. The van der Waals surface area contributed by atoms with Gasteiger partial charge in [-0.15, -0.1) is 0 Å². The summed E-state index contributed by atoms with van der Waals surface area (Å²) in [7, 11) is 0. The summed E-state index contributed by atoms with van der Waals surface area (Å²) >= 11 is 0. The summed E-state index contributed by atoms with van der Waals surface area (Å²) in [5.41, 5.74) is 5.63. The third-order valence-corrected chi connectivity index (χ3v) is 5.07. The molecule has 0 aliphatic carbocycles. The van der Waals surface area contributed by atoms with E-state index in [1.807, 2.05) is 43.3 Å². The van der Waals surface area contributed by atoms with Gasteiger partial charge in [0.15, 0.2) is 0 Å². The van der Waals surface area contributed by atoms with Gasteiger partial charge in [-0.2, -0.15) is 0 Å². The minimum atomic E-state index is -0.0724. The van der Waals surface area contributed by atoms with Gasteiger partial charge < -0.3 is 10.1 Å². The zero-order valence-electron chi connectivity index (χ0n) is 15.8. The van der Waals surface area contributed by atoms with Crippen LogP contribution in [0.2, 0.25) is 0 Å². The molecule has 2 heterocycles. The van der Waals surface area contributed by atoms with E-state index >= 15 is 0 Å². The first-order valence-corrected chi connectivity index (χ1v) is 9.48. The van der Waals surface area contributed by atoms with E-state index in [1.165, 1.54) is 5.56 Å². The second kappa shape index (κ2) is 7.49. The zero-order valence-corrected chi connectivity index (χ0v) is 15.8. The standard InChI is InChI=1S/C23H24N2O2/c1-15-5-8-17(9-6-15)22-13-20(19-12-16(2)7-10-21(19)25-22)23(26)24-14-18-4-3-11-27-18/h5-10,12-13,18H,3-4,11,14H2,1-2H3,(H,24,26)/t18-/m1/s1. The van der Waals surface area contributed by atoms with Crippen LogP contribution in [0, 0.1) is 13.8 Å². The van der Waals surface area contributed by atoms with Crippen LogP contribution < -0.4 is 5.32 Å². The van der Waals surface area contributed by atoms with Gasteiger partial charge in [0.05, 0.1) is 22.9 Å². The third kappa shape index (κ3) is 3.86. The Morgan fingerprint density at radius 1 is 1.11 bits per heavy atom. The largest absolute Gasteiger partial charge is 0.376 e. The van der Waals surface area contributed by atoms with Crippen LogP contribution in [0.4, 0.5) is 0 Å². The Balaban J connectivity index is 1.72. The van der Waals surface area contributed by atoms with Crippen molar-refractivity contribution in [3.05, 3.63) is 65.2 Å². The highest BCUT2D eigenvalue weighted by Crippen LogP contribution is 2.26. The lowest BCUT2D eigenvalue weighted by atomic mass is 10.0. The van der Waals surface area contributed by atoms with E-state index in [1.54, 1.807) is 0 Å². The van der Waals surface area contributed by atoms with Crippen LogP contribution in [-0.2, 0) is 4.74 Å². The average Bonchev–Trinajstić information content (AvgIpc) is 3.19. The molecule has 1 amide bonds. The number of pyridine rings is 1. The van der Waals surface area contributed by atoms with Crippen LogP contribution in [0.5, 0.6) is 0 Å². The molecule has 0 radical (unpaired) electrons. The number of hydrogen-bond donors (Lipinski definition) is 1. The highest BCUT2D eigenvalue weighted by Gasteiger charge is 2.19. The molecule has 0 saturated carbocycles. The zero-order chi connectivity index (χ0) is 18.8. The van der Waals surface area contributed by atoms with Crippen molar-refractivity contribution in [2.75, 3.05) is 13.2 Å². The summed E-state index contributed by atoms with van der Waals surface area (Å²) in [6, 6.07) is 16.2. The number of rotatable bonds is 4. The van der Waals surface area contributed by atoms with E-state index in [0.29, 0.717) is 12.1 Å². The number of hydrogen-bond acceptors (Lipinski definition) is 3. The molecule has 4 rings (SSSR count). The van der Waals surface area contributed by atoms with Gasteiger partial charge in [0.2, 0.25) is 0 Å². The topological polar surface area (TPSA) is 51.2 Å². The predicted molar refractivity (Wildman–Crippen MR) is 108 cm³/mol. The van der Waals surface area contributed by atoms with E-state index in [2.05, 4.69) is 24.4 Å². The highest BCUT2D eigenvalue weighted by atomic mass is 16.5. The maximum Gasteiger partial charge on any atom is 0.252 e. The van der Waals surface area contributed by atoms with Crippen LogP contribution in [0.15, 0.2) is 48.5 Å². The van der Waals surface area contributed by atoms with E-state index in [-0.39, 0.29) is 12.0 Å². The van der Waals surface area contributed by atoms with Gasteiger partial charge in [0.1, 0.15) is 0 Å². The lowest BCUT2D eigenvalue weighted by molar-refractivity contribution is 0.0859. The molecule has 4 heteroatoms. The summed E-state index contributed by atoms with van der Waals surface area (Å²) in [6.07, 6.45) is 2.20. The summed E-state index contributed by atoms with van der Waals surface area (Å²) in [4.78, 5) is 17.8. The quantitative estimate of drug-likeness (QED) is 0.749. The predicted octanol–water partition coefficient (Wildman–Crippen LogP) is 4.43. The number of benzene rings is 2. The highest BCUT2D eigenvalue weighted by molar-refractivity contribution is 6.07. The molecular formula is C23H24N2O2. The molecule has 0 spiro atoms. The Bertz CT molecular complexity index is 974.